The Labute approximate surface area is 195 Å². The maximum Gasteiger partial charge on any atom is 0.227 e. The van der Waals surface area contributed by atoms with E-state index in [1.165, 1.54) is 11.3 Å². The van der Waals surface area contributed by atoms with E-state index < -0.39 is 0 Å². The maximum absolute atomic E-state index is 12.8. The predicted molar refractivity (Wildman–Crippen MR) is 129 cm³/mol. The number of hydrogen-bond donors (Lipinski definition) is 1. The molecule has 0 aliphatic carbocycles. The number of aromatic nitrogens is 2. The van der Waals surface area contributed by atoms with E-state index in [0.29, 0.717) is 17.1 Å². The van der Waals surface area contributed by atoms with Crippen molar-refractivity contribution < 1.29 is 4.79 Å². The number of rotatable bonds is 8. The number of amides is 1. The second-order valence-corrected chi connectivity index (χ2v) is 9.30. The minimum absolute atomic E-state index is 0.0319. The van der Waals surface area contributed by atoms with E-state index in [1.807, 2.05) is 72.8 Å². The van der Waals surface area contributed by atoms with Crippen molar-refractivity contribution in [3.63, 3.8) is 0 Å². The van der Waals surface area contributed by atoms with E-state index in [4.69, 9.17) is 5.26 Å². The highest BCUT2D eigenvalue weighted by molar-refractivity contribution is 8.00. The summed E-state index contributed by atoms with van der Waals surface area (Å²) >= 11 is 2.92. The van der Waals surface area contributed by atoms with Crippen LogP contribution in [0.5, 0.6) is 0 Å². The number of anilines is 1. The molecule has 1 amide bonds. The van der Waals surface area contributed by atoms with E-state index >= 15 is 0 Å². The van der Waals surface area contributed by atoms with Crippen molar-refractivity contribution in [2.75, 3.05) is 5.32 Å². The number of benzene rings is 3. The van der Waals surface area contributed by atoms with Crippen LogP contribution in [0.4, 0.5) is 5.13 Å². The van der Waals surface area contributed by atoms with Gasteiger partial charge in [-0.2, -0.15) is 5.26 Å². The monoisotopic (exact) mass is 456 g/mol. The number of nitriles is 1. The van der Waals surface area contributed by atoms with Gasteiger partial charge in [-0.15, -0.1) is 10.2 Å². The third-order valence-electron chi connectivity index (χ3n) is 4.89. The topological polar surface area (TPSA) is 78.7 Å². The average molecular weight is 457 g/mol. The highest BCUT2D eigenvalue weighted by Gasteiger charge is 2.19. The van der Waals surface area contributed by atoms with Gasteiger partial charge in [0.05, 0.1) is 11.6 Å². The molecule has 0 aliphatic rings. The Balaban J connectivity index is 1.38. The molecule has 0 aliphatic heterocycles. The van der Waals surface area contributed by atoms with Crippen LogP contribution in [-0.4, -0.2) is 16.1 Å². The molecule has 1 heterocycles. The Kier molecular flexibility index (Phi) is 7.28. The van der Waals surface area contributed by atoms with Crippen molar-refractivity contribution in [2.24, 2.45) is 0 Å². The fourth-order valence-corrected chi connectivity index (χ4v) is 5.02. The summed E-state index contributed by atoms with van der Waals surface area (Å²) < 4.78 is 0.785. The zero-order valence-corrected chi connectivity index (χ0v) is 18.8. The zero-order chi connectivity index (χ0) is 22.2. The van der Waals surface area contributed by atoms with Gasteiger partial charge in [0.15, 0.2) is 4.34 Å². The van der Waals surface area contributed by atoms with Gasteiger partial charge in [-0.25, -0.2) is 0 Å². The molecule has 0 unspecified atom stereocenters. The zero-order valence-electron chi connectivity index (χ0n) is 17.1. The fourth-order valence-electron chi connectivity index (χ4n) is 3.29. The third kappa shape index (κ3) is 5.82. The molecule has 4 rings (SSSR count). The lowest BCUT2D eigenvalue weighted by atomic mass is 9.88. The van der Waals surface area contributed by atoms with Gasteiger partial charge in [0.2, 0.25) is 11.0 Å². The molecule has 4 aromatic rings. The molecule has 7 heteroatoms. The molecule has 0 saturated carbocycles. The van der Waals surface area contributed by atoms with Gasteiger partial charge in [-0.3, -0.25) is 4.79 Å². The molecule has 1 aromatic heterocycles. The lowest BCUT2D eigenvalue weighted by Crippen LogP contribution is -2.16. The molecular formula is C25H20N4OS2. The molecule has 0 fully saturated rings. The fraction of sp³-hybridized carbons (Fsp3) is 0.120. The number of nitrogens with zero attached hydrogens (tertiary/aromatic N) is 3. The molecule has 158 valence electrons. The quantitative estimate of drug-likeness (QED) is 0.265. The lowest BCUT2D eigenvalue weighted by Gasteiger charge is -2.17. The second kappa shape index (κ2) is 10.7. The minimum Gasteiger partial charge on any atom is -0.300 e. The number of nitrogens with one attached hydrogen (secondary N) is 1. The van der Waals surface area contributed by atoms with Crippen LogP contribution in [0.15, 0.2) is 89.3 Å². The SMILES string of the molecule is N#Cc1ccc(CSc2nnc(NC(=O)CC(c3ccccc3)c3ccccc3)s2)cc1. The van der Waals surface area contributed by atoms with Crippen LogP contribution in [-0.2, 0) is 10.5 Å². The third-order valence-corrected chi connectivity index (χ3v) is 6.93. The van der Waals surface area contributed by atoms with E-state index in [1.54, 1.807) is 23.9 Å². The van der Waals surface area contributed by atoms with Crippen LogP contribution in [0.2, 0.25) is 0 Å². The van der Waals surface area contributed by atoms with Crippen LogP contribution in [0.3, 0.4) is 0 Å². The van der Waals surface area contributed by atoms with Crippen molar-refractivity contribution >= 4 is 34.1 Å². The number of carbonyl (C=O) groups is 1. The molecular weight excluding hydrogens is 436 g/mol. The van der Waals surface area contributed by atoms with E-state index in [2.05, 4.69) is 21.6 Å². The van der Waals surface area contributed by atoms with Crippen LogP contribution in [0, 0.1) is 11.3 Å². The maximum atomic E-state index is 12.8. The second-order valence-electron chi connectivity index (χ2n) is 7.10. The van der Waals surface area contributed by atoms with E-state index in [-0.39, 0.29) is 11.8 Å². The lowest BCUT2D eigenvalue weighted by molar-refractivity contribution is -0.116. The molecule has 32 heavy (non-hydrogen) atoms. The number of thioether (sulfide) groups is 1. The minimum atomic E-state index is -0.0949. The van der Waals surface area contributed by atoms with E-state index in [9.17, 15) is 4.79 Å². The Morgan fingerprint density at radius 1 is 0.938 bits per heavy atom. The smallest absolute Gasteiger partial charge is 0.227 e. The normalized spacial score (nSPS) is 10.6. The van der Waals surface area contributed by atoms with Crippen LogP contribution < -0.4 is 5.32 Å². The Morgan fingerprint density at radius 3 is 2.16 bits per heavy atom. The number of carbonyl (C=O) groups excluding carboxylic acids is 1. The average Bonchev–Trinajstić information content (AvgIpc) is 3.29. The van der Waals surface area contributed by atoms with Crippen molar-refractivity contribution in [1.29, 1.82) is 5.26 Å². The van der Waals surface area contributed by atoms with Gasteiger partial charge in [0, 0.05) is 18.1 Å². The molecule has 0 atom stereocenters. The van der Waals surface area contributed by atoms with Gasteiger partial charge < -0.3 is 5.32 Å². The summed E-state index contributed by atoms with van der Waals surface area (Å²) in [6, 6.07) is 29.7. The first kappa shape index (κ1) is 21.8. The molecule has 0 spiro atoms. The van der Waals surface area contributed by atoms with Crippen molar-refractivity contribution in [3.05, 3.63) is 107 Å². The van der Waals surface area contributed by atoms with Gasteiger partial charge in [-0.05, 0) is 28.8 Å². The summed E-state index contributed by atoms with van der Waals surface area (Å²) in [4.78, 5) is 12.8. The predicted octanol–water partition coefficient (Wildman–Crippen LogP) is 5.86. The summed E-state index contributed by atoms with van der Waals surface area (Å²) in [5.41, 5.74) is 3.95. The molecule has 3 aromatic carbocycles. The van der Waals surface area contributed by atoms with Crippen molar-refractivity contribution in [3.8, 4) is 6.07 Å². The van der Waals surface area contributed by atoms with Crippen LogP contribution >= 0.6 is 23.1 Å². The molecule has 0 saturated heterocycles. The summed E-state index contributed by atoms with van der Waals surface area (Å²) in [5, 5.41) is 20.6. The Morgan fingerprint density at radius 2 is 1.56 bits per heavy atom. The van der Waals surface area contributed by atoms with Gasteiger partial charge >= 0.3 is 0 Å². The van der Waals surface area contributed by atoms with Crippen LogP contribution in [0.1, 0.15) is 34.6 Å². The molecule has 5 nitrogen and oxygen atoms in total. The Hall–Kier alpha value is -3.47. The highest BCUT2D eigenvalue weighted by atomic mass is 32.2. The standard InChI is InChI=1S/C25H20N4OS2/c26-16-18-11-13-19(14-12-18)17-31-25-29-28-24(32-25)27-23(30)15-22(20-7-3-1-4-8-20)21-9-5-2-6-10-21/h1-14,22H,15,17H2,(H,27,28,30). The molecule has 0 bridgehead atoms. The summed E-state index contributed by atoms with van der Waals surface area (Å²) in [6.07, 6.45) is 0.321. The Bertz CT molecular complexity index is 1160. The van der Waals surface area contributed by atoms with Gasteiger partial charge in [0.25, 0.3) is 0 Å². The summed E-state index contributed by atoms with van der Waals surface area (Å²) in [5.74, 6) is 0.594. The summed E-state index contributed by atoms with van der Waals surface area (Å²) in [7, 11) is 0. The first-order valence-electron chi connectivity index (χ1n) is 10.1. The van der Waals surface area contributed by atoms with Crippen molar-refractivity contribution in [2.45, 2.75) is 22.4 Å². The van der Waals surface area contributed by atoms with E-state index in [0.717, 1.165) is 26.8 Å². The first-order chi connectivity index (χ1) is 15.7. The number of hydrogen-bond acceptors (Lipinski definition) is 6. The van der Waals surface area contributed by atoms with Crippen molar-refractivity contribution in [1.82, 2.24) is 10.2 Å². The first-order valence-corrected chi connectivity index (χ1v) is 11.9. The molecule has 0 radical (unpaired) electrons. The summed E-state index contributed by atoms with van der Waals surface area (Å²) in [6.45, 7) is 0. The van der Waals surface area contributed by atoms with Crippen LogP contribution in [0.25, 0.3) is 0 Å². The highest BCUT2D eigenvalue weighted by Crippen LogP contribution is 2.31. The van der Waals surface area contributed by atoms with Gasteiger partial charge in [-0.1, -0.05) is 95.9 Å². The largest absolute Gasteiger partial charge is 0.300 e. The molecule has 1 N–H and O–H groups in total. The van der Waals surface area contributed by atoms with Gasteiger partial charge in [0.1, 0.15) is 0 Å².